The number of methoxy groups -OCH3 is 1. The van der Waals surface area contributed by atoms with Crippen molar-refractivity contribution >= 4 is 29.2 Å². The van der Waals surface area contributed by atoms with Gasteiger partial charge in [-0.3, -0.25) is 9.59 Å². The number of ether oxygens (including phenoxy) is 3. The van der Waals surface area contributed by atoms with Crippen LogP contribution in [0.1, 0.15) is 91.2 Å². The SMILES string of the molecule is CC[C@@H]1[C@@H]2CN(C(=O)[C@H](C(C)(C)C)CC(=O)O[C@@H]3C4CC(C4)C[C@H]3CCCCCc3nc4ccc(OC)cc4nc3O2)[C@@H]1C=O. The van der Waals surface area contributed by atoms with E-state index in [2.05, 4.69) is 0 Å². The number of hydrogen-bond donors (Lipinski definition) is 0. The fraction of sp³-hybridized carbons (Fsp3) is 0.694. The average Bonchev–Trinajstić information content (AvgIpc) is 3.35. The number of fused-ring (bicyclic) bond motifs is 4. The second-order valence-electron chi connectivity index (χ2n) is 14.9. The molecule has 1 saturated heterocycles. The van der Waals surface area contributed by atoms with Gasteiger partial charge in [0, 0.05) is 12.0 Å². The highest BCUT2D eigenvalue weighted by molar-refractivity contribution is 5.87. The number of aromatic nitrogens is 2. The first-order valence-corrected chi connectivity index (χ1v) is 17.1. The minimum absolute atomic E-state index is 0.00816. The van der Waals surface area contributed by atoms with E-state index < -0.39 is 23.5 Å². The van der Waals surface area contributed by atoms with Gasteiger partial charge in [0.05, 0.1) is 43.1 Å². The maximum absolute atomic E-state index is 14.3. The standard InChI is InChI=1S/C36H49N3O6/c1-6-25-30(20-40)39-19-31(25)44-34-28(37-27-13-12-24(43-5)17-29(27)38-34)11-9-7-8-10-22-14-21-15-23(16-21)33(22)45-32(41)18-26(35(39)42)36(2,3)4/h12-13,17,20-23,25-26,30-31,33H,6-11,14-16,18-19H2,1-5H3/t21?,22-,23?,25+,26-,30-,31+,33+/m1/s1. The van der Waals surface area contributed by atoms with Gasteiger partial charge in [-0.1, -0.05) is 40.5 Å². The molecule has 2 aromatic rings. The molecule has 5 aliphatic rings. The van der Waals surface area contributed by atoms with Crippen LogP contribution in [0.2, 0.25) is 0 Å². The zero-order chi connectivity index (χ0) is 31.9. The van der Waals surface area contributed by atoms with Crippen molar-refractivity contribution in [2.24, 2.45) is 35.0 Å². The molecule has 4 fully saturated rings. The molecular weight excluding hydrogens is 570 g/mol. The molecule has 1 amide bonds. The van der Waals surface area contributed by atoms with Gasteiger partial charge in [0.1, 0.15) is 29.9 Å². The van der Waals surface area contributed by atoms with Gasteiger partial charge < -0.3 is 23.9 Å². The maximum atomic E-state index is 14.3. The van der Waals surface area contributed by atoms with Crippen molar-refractivity contribution in [3.63, 3.8) is 0 Å². The largest absolute Gasteiger partial charge is 0.497 e. The third-order valence-corrected chi connectivity index (χ3v) is 11.0. The molecule has 0 radical (unpaired) electrons. The van der Waals surface area contributed by atoms with Crippen molar-refractivity contribution in [1.29, 1.82) is 0 Å². The highest BCUT2D eigenvalue weighted by Gasteiger charge is 2.50. The molecule has 3 saturated carbocycles. The summed E-state index contributed by atoms with van der Waals surface area (Å²) >= 11 is 0. The van der Waals surface area contributed by atoms with Gasteiger partial charge in [-0.2, -0.15) is 0 Å². The topological polar surface area (TPSA) is 108 Å². The highest BCUT2D eigenvalue weighted by atomic mass is 16.5. The van der Waals surface area contributed by atoms with E-state index >= 15 is 0 Å². The first kappa shape index (κ1) is 31.7. The molecule has 7 rings (SSSR count). The normalized spacial score (nSPS) is 32.7. The first-order valence-electron chi connectivity index (χ1n) is 17.1. The maximum Gasteiger partial charge on any atom is 0.306 e. The minimum Gasteiger partial charge on any atom is -0.497 e. The number of hydrogen-bond acceptors (Lipinski definition) is 8. The minimum atomic E-state index is -0.651. The summed E-state index contributed by atoms with van der Waals surface area (Å²) in [7, 11) is 1.62. The molecule has 4 bridgehead atoms. The third kappa shape index (κ3) is 6.41. The average molecular weight is 620 g/mol. The molecule has 1 aromatic heterocycles. The molecule has 1 aromatic carbocycles. The second kappa shape index (κ2) is 12.9. The number of rotatable bonds is 3. The Hall–Kier alpha value is -3.23. The van der Waals surface area contributed by atoms with E-state index in [-0.39, 0.29) is 36.9 Å². The third-order valence-electron chi connectivity index (χ3n) is 11.0. The van der Waals surface area contributed by atoms with Crippen LogP contribution in [0.15, 0.2) is 18.2 Å². The molecule has 9 heteroatoms. The number of carbonyl (C=O) groups is 3. The summed E-state index contributed by atoms with van der Waals surface area (Å²) in [6.07, 6.45) is 9.20. The summed E-state index contributed by atoms with van der Waals surface area (Å²) in [6, 6.07) is 5.01. The monoisotopic (exact) mass is 619 g/mol. The van der Waals surface area contributed by atoms with E-state index in [1.165, 1.54) is 0 Å². The van der Waals surface area contributed by atoms with Crippen LogP contribution in [-0.4, -0.2) is 64.9 Å². The lowest BCUT2D eigenvalue weighted by Crippen LogP contribution is -2.49. The molecule has 0 N–H and O–H groups in total. The summed E-state index contributed by atoms with van der Waals surface area (Å²) in [6.45, 7) is 8.21. The zero-order valence-corrected chi connectivity index (χ0v) is 27.5. The fourth-order valence-corrected chi connectivity index (χ4v) is 8.40. The van der Waals surface area contributed by atoms with E-state index in [9.17, 15) is 14.4 Å². The number of carbonyl (C=O) groups excluding carboxylic acids is 3. The van der Waals surface area contributed by atoms with Gasteiger partial charge in [-0.15, -0.1) is 0 Å². The summed E-state index contributed by atoms with van der Waals surface area (Å²) in [5, 5.41) is 0. The van der Waals surface area contributed by atoms with Crippen molar-refractivity contribution < 1.29 is 28.6 Å². The summed E-state index contributed by atoms with van der Waals surface area (Å²) in [5.41, 5.74) is 1.75. The van der Waals surface area contributed by atoms with E-state index in [0.717, 1.165) is 68.4 Å². The zero-order valence-electron chi connectivity index (χ0n) is 27.5. The van der Waals surface area contributed by atoms with Crippen LogP contribution in [0.3, 0.4) is 0 Å². The lowest BCUT2D eigenvalue weighted by Gasteiger charge is -2.50. The van der Waals surface area contributed by atoms with Gasteiger partial charge >= 0.3 is 5.97 Å². The van der Waals surface area contributed by atoms with Crippen LogP contribution in [0, 0.1) is 35.0 Å². The number of benzene rings is 1. The lowest BCUT2D eigenvalue weighted by molar-refractivity contribution is -0.172. The first-order chi connectivity index (χ1) is 21.6. The predicted molar refractivity (Wildman–Crippen MR) is 170 cm³/mol. The Labute approximate surface area is 266 Å². The quantitative estimate of drug-likeness (QED) is 0.307. The molecular formula is C36H49N3O6. The number of amides is 1. The smallest absolute Gasteiger partial charge is 0.306 e. The van der Waals surface area contributed by atoms with E-state index in [1.807, 2.05) is 45.9 Å². The van der Waals surface area contributed by atoms with Crippen molar-refractivity contribution in [3.8, 4) is 11.6 Å². The van der Waals surface area contributed by atoms with Crippen molar-refractivity contribution in [1.82, 2.24) is 14.9 Å². The van der Waals surface area contributed by atoms with Crippen molar-refractivity contribution in [3.05, 3.63) is 23.9 Å². The van der Waals surface area contributed by atoms with E-state index in [0.29, 0.717) is 41.8 Å². The van der Waals surface area contributed by atoms with Gasteiger partial charge in [-0.05, 0) is 80.2 Å². The number of esters is 1. The Morgan fingerprint density at radius 1 is 1.02 bits per heavy atom. The molecule has 0 unspecified atom stereocenters. The predicted octanol–water partition coefficient (Wildman–Crippen LogP) is 5.95. The van der Waals surface area contributed by atoms with Gasteiger partial charge in [0.2, 0.25) is 11.8 Å². The molecule has 6 atom stereocenters. The molecule has 2 aliphatic heterocycles. The van der Waals surface area contributed by atoms with Crippen LogP contribution in [0.25, 0.3) is 11.0 Å². The van der Waals surface area contributed by atoms with E-state index in [1.54, 1.807) is 12.0 Å². The molecule has 9 nitrogen and oxygen atoms in total. The van der Waals surface area contributed by atoms with Gasteiger partial charge in [0.25, 0.3) is 0 Å². The molecule has 244 valence electrons. The van der Waals surface area contributed by atoms with Crippen LogP contribution >= 0.6 is 0 Å². The van der Waals surface area contributed by atoms with Crippen molar-refractivity contribution in [2.45, 2.75) is 110 Å². The van der Waals surface area contributed by atoms with Crippen LogP contribution < -0.4 is 9.47 Å². The fourth-order valence-electron chi connectivity index (χ4n) is 8.40. The van der Waals surface area contributed by atoms with Crippen LogP contribution in [-0.2, 0) is 25.5 Å². The number of nitrogens with zero attached hydrogens (tertiary/aromatic N) is 3. The Balaban J connectivity index is 1.36. The van der Waals surface area contributed by atoms with Crippen LogP contribution in [0.4, 0.5) is 0 Å². The Kier molecular flexibility index (Phi) is 9.08. The van der Waals surface area contributed by atoms with E-state index in [4.69, 9.17) is 24.2 Å². The molecule has 3 heterocycles. The summed E-state index contributed by atoms with van der Waals surface area (Å²) in [4.78, 5) is 52.0. The lowest BCUT2D eigenvalue weighted by atomic mass is 9.59. The Morgan fingerprint density at radius 2 is 1.80 bits per heavy atom. The van der Waals surface area contributed by atoms with Gasteiger partial charge in [-0.25, -0.2) is 9.97 Å². The summed E-state index contributed by atoms with van der Waals surface area (Å²) in [5.74, 6) is 1.37. The second-order valence-corrected chi connectivity index (χ2v) is 14.9. The summed E-state index contributed by atoms with van der Waals surface area (Å²) < 4.78 is 18.4. The number of aryl methyl sites for hydroxylation is 1. The molecule has 45 heavy (non-hydrogen) atoms. The highest BCUT2D eigenvalue weighted by Crippen LogP contribution is 2.51. The van der Waals surface area contributed by atoms with Crippen LogP contribution in [0.5, 0.6) is 11.6 Å². The molecule has 3 aliphatic carbocycles. The van der Waals surface area contributed by atoms with Crippen molar-refractivity contribution in [2.75, 3.05) is 13.7 Å². The Morgan fingerprint density at radius 3 is 2.51 bits per heavy atom. The molecule has 0 spiro atoms. The van der Waals surface area contributed by atoms with Gasteiger partial charge in [0.15, 0.2) is 0 Å². The number of aldehydes is 1. The Bertz CT molecular complexity index is 1420.